The van der Waals surface area contributed by atoms with Crippen molar-refractivity contribution >= 4 is 29.2 Å². The van der Waals surface area contributed by atoms with Crippen LogP contribution in [0.1, 0.15) is 17.3 Å². The molecule has 0 radical (unpaired) electrons. The van der Waals surface area contributed by atoms with Crippen molar-refractivity contribution in [3.8, 4) is 5.75 Å². The Hall–Kier alpha value is -3.19. The number of methoxy groups -OCH3 is 1. The van der Waals surface area contributed by atoms with Gasteiger partial charge in [-0.1, -0.05) is 18.2 Å². The summed E-state index contributed by atoms with van der Waals surface area (Å²) in [5.41, 5.74) is 1.21. The Kier molecular flexibility index (Phi) is 6.25. The molecule has 2 aromatic rings. The van der Waals surface area contributed by atoms with Gasteiger partial charge in [-0.05, 0) is 30.3 Å². The Morgan fingerprint density at radius 3 is 2.28 bits per heavy atom. The third-order valence-electron chi connectivity index (χ3n) is 3.08. The van der Waals surface area contributed by atoms with Crippen molar-refractivity contribution in [3.63, 3.8) is 0 Å². The van der Waals surface area contributed by atoms with E-state index in [0.717, 1.165) is 0 Å². The second-order valence-corrected chi connectivity index (χ2v) is 5.10. The third-order valence-corrected chi connectivity index (χ3v) is 3.08. The summed E-state index contributed by atoms with van der Waals surface area (Å²) in [5.74, 6) is -0.922. The Labute approximate surface area is 144 Å². The molecule has 0 saturated heterocycles. The van der Waals surface area contributed by atoms with Crippen molar-refractivity contribution < 1.29 is 23.9 Å². The lowest BCUT2D eigenvalue weighted by Crippen LogP contribution is -2.19. The molecule has 0 aliphatic carbocycles. The zero-order valence-corrected chi connectivity index (χ0v) is 13.9. The van der Waals surface area contributed by atoms with Gasteiger partial charge in [0.05, 0.1) is 11.4 Å². The quantitative estimate of drug-likeness (QED) is 0.621. The zero-order chi connectivity index (χ0) is 18.2. The van der Waals surface area contributed by atoms with Gasteiger partial charge in [-0.2, -0.15) is 0 Å². The lowest BCUT2D eigenvalue weighted by Gasteiger charge is -2.12. The molecule has 0 heterocycles. The summed E-state index contributed by atoms with van der Waals surface area (Å²) in [6, 6.07) is 13.0. The van der Waals surface area contributed by atoms with Gasteiger partial charge in [0.15, 0.2) is 0 Å². The van der Waals surface area contributed by atoms with Crippen LogP contribution >= 0.6 is 0 Å². The maximum atomic E-state index is 12.4. The molecule has 7 nitrogen and oxygen atoms in total. The zero-order valence-electron chi connectivity index (χ0n) is 13.9. The molecule has 7 heteroatoms. The van der Waals surface area contributed by atoms with E-state index >= 15 is 0 Å². The average Bonchev–Trinajstić information content (AvgIpc) is 2.56. The topological polar surface area (TPSA) is 93.7 Å². The SMILES string of the molecule is COCC(=O)Nc1ccccc1NC(=O)c1cccc(OC(C)=O)c1. The van der Waals surface area contributed by atoms with Crippen LogP contribution in [0.4, 0.5) is 11.4 Å². The molecule has 0 spiro atoms. The first kappa shape index (κ1) is 18.2. The fourth-order valence-electron chi connectivity index (χ4n) is 2.08. The molecule has 0 saturated carbocycles. The first-order valence-electron chi connectivity index (χ1n) is 7.47. The van der Waals surface area contributed by atoms with E-state index in [2.05, 4.69) is 10.6 Å². The predicted molar refractivity (Wildman–Crippen MR) is 92.7 cm³/mol. The van der Waals surface area contributed by atoms with E-state index in [1.807, 2.05) is 0 Å². The molecule has 25 heavy (non-hydrogen) atoms. The van der Waals surface area contributed by atoms with E-state index in [9.17, 15) is 14.4 Å². The van der Waals surface area contributed by atoms with Gasteiger partial charge in [0.1, 0.15) is 12.4 Å². The summed E-state index contributed by atoms with van der Waals surface area (Å²) in [4.78, 5) is 35.1. The molecule has 2 rings (SSSR count). The van der Waals surface area contributed by atoms with Gasteiger partial charge in [-0.3, -0.25) is 14.4 Å². The number of para-hydroxylation sites is 2. The Bertz CT molecular complexity index is 789. The van der Waals surface area contributed by atoms with Crippen LogP contribution in [0.3, 0.4) is 0 Å². The summed E-state index contributed by atoms with van der Waals surface area (Å²) in [7, 11) is 1.42. The van der Waals surface area contributed by atoms with E-state index in [0.29, 0.717) is 16.9 Å². The molecular weight excluding hydrogens is 324 g/mol. The standard InChI is InChI=1S/C18H18N2O5/c1-12(21)25-14-7-5-6-13(10-14)18(23)20-16-9-4-3-8-15(16)19-17(22)11-24-2/h3-10H,11H2,1-2H3,(H,19,22)(H,20,23). The van der Waals surface area contributed by atoms with Gasteiger partial charge in [-0.15, -0.1) is 0 Å². The molecule has 2 N–H and O–H groups in total. The number of ether oxygens (including phenoxy) is 2. The van der Waals surface area contributed by atoms with Crippen molar-refractivity contribution in [2.24, 2.45) is 0 Å². The van der Waals surface area contributed by atoms with Crippen LogP contribution in [-0.4, -0.2) is 31.5 Å². The largest absolute Gasteiger partial charge is 0.427 e. The van der Waals surface area contributed by atoms with E-state index < -0.39 is 11.9 Å². The van der Waals surface area contributed by atoms with Crippen molar-refractivity contribution in [3.05, 3.63) is 54.1 Å². The molecule has 2 aromatic carbocycles. The molecular formula is C18H18N2O5. The first-order valence-corrected chi connectivity index (χ1v) is 7.47. The molecule has 0 atom stereocenters. The van der Waals surface area contributed by atoms with E-state index in [1.165, 1.54) is 20.1 Å². The fourth-order valence-corrected chi connectivity index (χ4v) is 2.08. The Morgan fingerprint density at radius 1 is 0.960 bits per heavy atom. The summed E-state index contributed by atoms with van der Waals surface area (Å²) in [5, 5.41) is 5.38. The lowest BCUT2D eigenvalue weighted by molar-refractivity contribution is -0.131. The van der Waals surface area contributed by atoms with Crippen LogP contribution in [0.25, 0.3) is 0 Å². The summed E-state index contributed by atoms with van der Waals surface area (Å²) >= 11 is 0. The number of hydrogen-bond acceptors (Lipinski definition) is 5. The summed E-state index contributed by atoms with van der Waals surface area (Å²) in [6.45, 7) is 1.19. The average molecular weight is 342 g/mol. The van der Waals surface area contributed by atoms with Gasteiger partial charge in [0.2, 0.25) is 5.91 Å². The minimum absolute atomic E-state index is 0.0906. The number of carbonyl (C=O) groups excluding carboxylic acids is 3. The molecule has 0 unspecified atom stereocenters. The maximum absolute atomic E-state index is 12.4. The summed E-state index contributed by atoms with van der Waals surface area (Å²) in [6.07, 6.45) is 0. The number of rotatable bonds is 6. The van der Waals surface area contributed by atoms with Crippen molar-refractivity contribution in [2.45, 2.75) is 6.92 Å². The Balaban J connectivity index is 2.15. The van der Waals surface area contributed by atoms with Gasteiger partial charge in [-0.25, -0.2) is 0 Å². The van der Waals surface area contributed by atoms with Gasteiger partial charge in [0.25, 0.3) is 5.91 Å². The third kappa shape index (κ3) is 5.43. The normalized spacial score (nSPS) is 10.0. The fraction of sp³-hybridized carbons (Fsp3) is 0.167. The molecule has 2 amide bonds. The van der Waals surface area contributed by atoms with E-state index in [1.54, 1.807) is 42.5 Å². The minimum atomic E-state index is -0.469. The number of nitrogens with one attached hydrogen (secondary N) is 2. The maximum Gasteiger partial charge on any atom is 0.308 e. The van der Waals surface area contributed by atoms with Crippen LogP contribution in [-0.2, 0) is 14.3 Å². The van der Waals surface area contributed by atoms with Gasteiger partial charge in [0, 0.05) is 19.6 Å². The number of benzene rings is 2. The van der Waals surface area contributed by atoms with E-state index in [-0.39, 0.29) is 18.3 Å². The van der Waals surface area contributed by atoms with Crippen LogP contribution in [0.15, 0.2) is 48.5 Å². The number of hydrogen-bond donors (Lipinski definition) is 2. The highest BCUT2D eigenvalue weighted by atomic mass is 16.5. The highest BCUT2D eigenvalue weighted by molar-refractivity contribution is 6.07. The predicted octanol–water partition coefficient (Wildman–Crippen LogP) is 2.45. The second-order valence-electron chi connectivity index (χ2n) is 5.10. The minimum Gasteiger partial charge on any atom is -0.427 e. The number of amides is 2. The van der Waals surface area contributed by atoms with Crippen molar-refractivity contribution in [1.82, 2.24) is 0 Å². The van der Waals surface area contributed by atoms with E-state index in [4.69, 9.17) is 9.47 Å². The molecule has 0 aliphatic heterocycles. The van der Waals surface area contributed by atoms with Crippen LogP contribution in [0.5, 0.6) is 5.75 Å². The van der Waals surface area contributed by atoms with Crippen LogP contribution < -0.4 is 15.4 Å². The number of anilines is 2. The molecule has 0 aliphatic rings. The lowest BCUT2D eigenvalue weighted by atomic mass is 10.2. The molecule has 0 fully saturated rings. The smallest absolute Gasteiger partial charge is 0.308 e. The van der Waals surface area contributed by atoms with Crippen LogP contribution in [0.2, 0.25) is 0 Å². The van der Waals surface area contributed by atoms with Crippen molar-refractivity contribution in [1.29, 1.82) is 0 Å². The second kappa shape index (κ2) is 8.60. The highest BCUT2D eigenvalue weighted by Gasteiger charge is 2.12. The van der Waals surface area contributed by atoms with Crippen molar-refractivity contribution in [2.75, 3.05) is 24.4 Å². The number of carbonyl (C=O) groups is 3. The van der Waals surface area contributed by atoms with Gasteiger partial charge < -0.3 is 20.1 Å². The number of esters is 1. The molecule has 130 valence electrons. The first-order chi connectivity index (χ1) is 12.0. The molecule has 0 aromatic heterocycles. The van der Waals surface area contributed by atoms with Gasteiger partial charge >= 0.3 is 5.97 Å². The van der Waals surface area contributed by atoms with Crippen LogP contribution in [0, 0.1) is 0 Å². The monoisotopic (exact) mass is 342 g/mol. The summed E-state index contributed by atoms with van der Waals surface area (Å²) < 4.78 is 9.74. The Morgan fingerprint density at radius 2 is 1.64 bits per heavy atom. The highest BCUT2D eigenvalue weighted by Crippen LogP contribution is 2.22. The molecule has 0 bridgehead atoms.